The summed E-state index contributed by atoms with van der Waals surface area (Å²) >= 11 is 12.3. The molecule has 3 heteroatoms. The van der Waals surface area contributed by atoms with Crippen molar-refractivity contribution in [2.24, 2.45) is 0 Å². The summed E-state index contributed by atoms with van der Waals surface area (Å²) in [4.78, 5) is 2.07. The molecule has 0 aliphatic carbocycles. The molecule has 0 saturated carbocycles. The normalized spacial score (nSPS) is 10.4. The Morgan fingerprint density at radius 2 is 1.72 bits per heavy atom. The maximum atomic E-state index is 6.28. The number of halogens is 2. The van der Waals surface area contributed by atoms with Crippen molar-refractivity contribution in [2.45, 2.75) is 12.8 Å². The largest absolute Gasteiger partial charge is 0.343 e. The number of nitrogens with zero attached hydrogens (tertiary/aromatic N) is 1. The number of hydrogen-bond donors (Lipinski definition) is 0. The molecule has 0 fully saturated rings. The third-order valence-corrected chi connectivity index (χ3v) is 3.56. The number of para-hydroxylation sites is 1. The minimum Gasteiger partial charge on any atom is -0.343 e. The van der Waals surface area contributed by atoms with Gasteiger partial charge in [-0.1, -0.05) is 41.4 Å². The molecule has 1 nitrogen and oxygen atoms in total. The Hall–Kier alpha value is -1.18. The zero-order valence-corrected chi connectivity index (χ0v) is 12.0. The molecule has 18 heavy (non-hydrogen) atoms. The lowest BCUT2D eigenvalue weighted by Gasteiger charge is -2.23. The lowest BCUT2D eigenvalue weighted by molar-refractivity contribution is 1.17. The van der Waals surface area contributed by atoms with Gasteiger partial charge in [-0.05, 0) is 30.7 Å². The molecule has 0 spiro atoms. The molecule has 2 aromatic carbocycles. The average molecular weight is 280 g/mol. The third-order valence-electron chi connectivity index (χ3n) is 2.97. The predicted octanol–water partition coefficient (Wildman–Crippen LogP) is 5.16. The topological polar surface area (TPSA) is 3.24 Å². The van der Waals surface area contributed by atoms with Gasteiger partial charge < -0.3 is 4.90 Å². The van der Waals surface area contributed by atoms with E-state index >= 15 is 0 Å². The summed E-state index contributed by atoms with van der Waals surface area (Å²) in [5, 5.41) is 0.719. The number of hydrogen-bond acceptors (Lipinski definition) is 1. The first-order valence-electron chi connectivity index (χ1n) is 5.77. The molecule has 0 heterocycles. The van der Waals surface area contributed by atoms with Crippen molar-refractivity contribution >= 4 is 34.6 Å². The van der Waals surface area contributed by atoms with E-state index < -0.39 is 0 Å². The molecule has 0 radical (unpaired) electrons. The standard InChI is InChI=1S/C15H15Cl2N/c1-11-6-8-13(9-7-11)18(2)15-12(10-16)4-3-5-14(15)17/h3-9H,10H2,1-2H3. The van der Waals surface area contributed by atoms with Crippen molar-refractivity contribution in [1.29, 1.82) is 0 Å². The van der Waals surface area contributed by atoms with E-state index in [1.807, 2.05) is 25.2 Å². The fraction of sp³-hybridized carbons (Fsp3) is 0.200. The van der Waals surface area contributed by atoms with Crippen LogP contribution in [0.2, 0.25) is 5.02 Å². The van der Waals surface area contributed by atoms with Crippen LogP contribution in [0.25, 0.3) is 0 Å². The second-order valence-electron chi connectivity index (χ2n) is 4.28. The Morgan fingerprint density at radius 3 is 2.33 bits per heavy atom. The maximum Gasteiger partial charge on any atom is 0.0646 e. The Morgan fingerprint density at radius 1 is 1.06 bits per heavy atom. The van der Waals surface area contributed by atoms with E-state index in [0.29, 0.717) is 5.88 Å². The van der Waals surface area contributed by atoms with Crippen LogP contribution in [-0.2, 0) is 5.88 Å². The van der Waals surface area contributed by atoms with E-state index in [2.05, 4.69) is 36.1 Å². The minimum absolute atomic E-state index is 0.450. The van der Waals surface area contributed by atoms with Gasteiger partial charge in [0.1, 0.15) is 0 Å². The highest BCUT2D eigenvalue weighted by Gasteiger charge is 2.12. The average Bonchev–Trinajstić information content (AvgIpc) is 2.38. The van der Waals surface area contributed by atoms with Gasteiger partial charge in [0.05, 0.1) is 10.7 Å². The van der Waals surface area contributed by atoms with Crippen LogP contribution >= 0.6 is 23.2 Å². The molecule has 0 aromatic heterocycles. The van der Waals surface area contributed by atoms with Crippen LogP contribution in [0.3, 0.4) is 0 Å². The molecule has 0 unspecified atom stereocenters. The zero-order valence-electron chi connectivity index (χ0n) is 10.5. The highest BCUT2D eigenvalue weighted by atomic mass is 35.5. The highest BCUT2D eigenvalue weighted by Crippen LogP contribution is 2.34. The third kappa shape index (κ3) is 2.63. The van der Waals surface area contributed by atoms with Crippen molar-refractivity contribution in [3.8, 4) is 0 Å². The summed E-state index contributed by atoms with van der Waals surface area (Å²) in [5.41, 5.74) is 4.34. The zero-order chi connectivity index (χ0) is 13.1. The summed E-state index contributed by atoms with van der Waals surface area (Å²) in [5.74, 6) is 0.450. The molecule has 0 atom stereocenters. The number of benzene rings is 2. The lowest BCUT2D eigenvalue weighted by atomic mass is 10.1. The second kappa shape index (κ2) is 5.64. The summed E-state index contributed by atoms with van der Waals surface area (Å²) in [6.45, 7) is 2.07. The van der Waals surface area contributed by atoms with Gasteiger partial charge in [0.25, 0.3) is 0 Å². The van der Waals surface area contributed by atoms with Crippen molar-refractivity contribution in [3.63, 3.8) is 0 Å². The fourth-order valence-corrected chi connectivity index (χ4v) is 2.48. The quantitative estimate of drug-likeness (QED) is 0.702. The van der Waals surface area contributed by atoms with E-state index in [1.165, 1.54) is 5.56 Å². The van der Waals surface area contributed by atoms with Gasteiger partial charge in [-0.2, -0.15) is 0 Å². The first kappa shape index (κ1) is 13.3. The molecule has 0 bridgehead atoms. The Kier molecular flexibility index (Phi) is 4.15. The van der Waals surface area contributed by atoms with Crippen molar-refractivity contribution in [1.82, 2.24) is 0 Å². The predicted molar refractivity (Wildman–Crippen MR) is 80.3 cm³/mol. The van der Waals surface area contributed by atoms with Crippen LogP contribution in [0.4, 0.5) is 11.4 Å². The van der Waals surface area contributed by atoms with Gasteiger partial charge in [0.15, 0.2) is 0 Å². The molecule has 2 rings (SSSR count). The molecule has 0 N–H and O–H groups in total. The molecule has 94 valence electrons. The summed E-state index contributed by atoms with van der Waals surface area (Å²) in [6.07, 6.45) is 0. The number of aryl methyl sites for hydroxylation is 1. The molecular weight excluding hydrogens is 265 g/mol. The summed E-state index contributed by atoms with van der Waals surface area (Å²) in [6, 6.07) is 14.1. The van der Waals surface area contributed by atoms with Crippen molar-refractivity contribution in [2.75, 3.05) is 11.9 Å². The van der Waals surface area contributed by atoms with Crippen LogP contribution in [-0.4, -0.2) is 7.05 Å². The highest BCUT2D eigenvalue weighted by molar-refractivity contribution is 6.33. The maximum absolute atomic E-state index is 6.28. The Balaban J connectivity index is 2.45. The van der Waals surface area contributed by atoms with Gasteiger partial charge in [-0.15, -0.1) is 11.6 Å². The molecular formula is C15H15Cl2N. The SMILES string of the molecule is Cc1ccc(N(C)c2c(Cl)cccc2CCl)cc1. The fourth-order valence-electron chi connectivity index (χ4n) is 1.94. The van der Waals surface area contributed by atoms with Crippen LogP contribution in [0.15, 0.2) is 42.5 Å². The van der Waals surface area contributed by atoms with Gasteiger partial charge in [-0.3, -0.25) is 0 Å². The minimum atomic E-state index is 0.450. The van der Waals surface area contributed by atoms with E-state index in [9.17, 15) is 0 Å². The molecule has 0 amide bonds. The second-order valence-corrected chi connectivity index (χ2v) is 4.95. The molecule has 2 aromatic rings. The Labute approximate surface area is 118 Å². The monoisotopic (exact) mass is 279 g/mol. The van der Waals surface area contributed by atoms with E-state index in [-0.39, 0.29) is 0 Å². The Bertz CT molecular complexity index is 535. The van der Waals surface area contributed by atoms with E-state index in [1.54, 1.807) is 0 Å². The molecule has 0 aliphatic heterocycles. The van der Waals surface area contributed by atoms with Crippen LogP contribution in [0.1, 0.15) is 11.1 Å². The molecule has 0 aliphatic rings. The molecule has 0 saturated heterocycles. The van der Waals surface area contributed by atoms with Gasteiger partial charge in [0.2, 0.25) is 0 Å². The van der Waals surface area contributed by atoms with Crippen molar-refractivity contribution < 1.29 is 0 Å². The van der Waals surface area contributed by atoms with E-state index in [4.69, 9.17) is 23.2 Å². The summed E-state index contributed by atoms with van der Waals surface area (Å²) < 4.78 is 0. The van der Waals surface area contributed by atoms with Gasteiger partial charge in [-0.25, -0.2) is 0 Å². The number of anilines is 2. The van der Waals surface area contributed by atoms with Gasteiger partial charge in [0, 0.05) is 18.6 Å². The van der Waals surface area contributed by atoms with Crippen LogP contribution in [0.5, 0.6) is 0 Å². The van der Waals surface area contributed by atoms with E-state index in [0.717, 1.165) is 22.0 Å². The number of alkyl halides is 1. The van der Waals surface area contributed by atoms with Crippen LogP contribution < -0.4 is 4.90 Å². The van der Waals surface area contributed by atoms with Crippen LogP contribution in [0, 0.1) is 6.92 Å². The number of rotatable bonds is 3. The lowest BCUT2D eigenvalue weighted by Crippen LogP contribution is -2.12. The van der Waals surface area contributed by atoms with Gasteiger partial charge >= 0.3 is 0 Å². The first-order chi connectivity index (χ1) is 8.63. The summed E-state index contributed by atoms with van der Waals surface area (Å²) in [7, 11) is 2.00. The van der Waals surface area contributed by atoms with Crippen molar-refractivity contribution in [3.05, 3.63) is 58.6 Å². The smallest absolute Gasteiger partial charge is 0.0646 e. The first-order valence-corrected chi connectivity index (χ1v) is 6.68.